The fourth-order valence-electron chi connectivity index (χ4n) is 2.54. The Hall–Kier alpha value is -1.02. The van der Waals surface area contributed by atoms with Crippen molar-refractivity contribution in [3.05, 3.63) is 29.8 Å². The first-order valence-corrected chi connectivity index (χ1v) is 6.21. The van der Waals surface area contributed by atoms with Crippen LogP contribution in [0.3, 0.4) is 0 Å². The van der Waals surface area contributed by atoms with Crippen molar-refractivity contribution in [3.63, 3.8) is 0 Å². The van der Waals surface area contributed by atoms with Gasteiger partial charge in [-0.15, -0.1) is 0 Å². The minimum atomic E-state index is -0.0918. The topological polar surface area (TPSA) is 40.5 Å². The Balaban J connectivity index is 1.84. The third-order valence-corrected chi connectivity index (χ3v) is 3.61. The molecule has 0 radical (unpaired) electrons. The molecule has 2 atom stereocenters. The molecule has 0 spiro atoms. The highest BCUT2D eigenvalue weighted by Gasteiger charge is 2.22. The van der Waals surface area contributed by atoms with Crippen LogP contribution in [0.1, 0.15) is 37.7 Å². The molecule has 1 aromatic carbocycles. The largest absolute Gasteiger partial charge is 0.508 e. The maximum absolute atomic E-state index is 9.85. The highest BCUT2D eigenvalue weighted by molar-refractivity contribution is 5.25. The Kier molecular flexibility index (Phi) is 3.83. The second-order valence-electron chi connectivity index (χ2n) is 4.82. The lowest BCUT2D eigenvalue weighted by molar-refractivity contribution is 0.0655. The molecule has 16 heavy (non-hydrogen) atoms. The number of aromatic hydroxyl groups is 1. The van der Waals surface area contributed by atoms with Crippen molar-refractivity contribution in [2.45, 2.75) is 44.6 Å². The molecule has 2 N–H and O–H groups in total. The number of phenols is 1. The summed E-state index contributed by atoms with van der Waals surface area (Å²) in [5, 5.41) is 19.0. The van der Waals surface area contributed by atoms with Gasteiger partial charge in [-0.25, -0.2) is 0 Å². The van der Waals surface area contributed by atoms with Crippen molar-refractivity contribution in [1.82, 2.24) is 0 Å². The van der Waals surface area contributed by atoms with Gasteiger partial charge in [-0.1, -0.05) is 25.0 Å². The molecule has 2 heteroatoms. The number of benzene rings is 1. The number of phenolic OH excluding ortho intramolecular Hbond substituents is 1. The predicted molar refractivity (Wildman–Crippen MR) is 64.4 cm³/mol. The Bertz CT molecular complexity index is 318. The first-order valence-electron chi connectivity index (χ1n) is 6.21. The molecule has 0 saturated heterocycles. The number of rotatable bonds is 3. The highest BCUT2D eigenvalue weighted by atomic mass is 16.3. The third-order valence-electron chi connectivity index (χ3n) is 3.61. The van der Waals surface area contributed by atoms with Gasteiger partial charge in [-0.05, 0) is 49.3 Å². The molecule has 88 valence electrons. The normalized spacial score (nSPS) is 25.6. The predicted octanol–water partition coefficient (Wildman–Crippen LogP) is 2.88. The summed E-state index contributed by atoms with van der Waals surface area (Å²) in [7, 11) is 0. The van der Waals surface area contributed by atoms with E-state index < -0.39 is 0 Å². The molecule has 2 unspecified atom stereocenters. The van der Waals surface area contributed by atoms with E-state index in [2.05, 4.69) is 0 Å². The van der Waals surface area contributed by atoms with E-state index in [1.165, 1.54) is 24.8 Å². The average Bonchev–Trinajstić information content (AvgIpc) is 2.30. The van der Waals surface area contributed by atoms with E-state index in [0.717, 1.165) is 19.3 Å². The van der Waals surface area contributed by atoms with Gasteiger partial charge < -0.3 is 10.2 Å². The summed E-state index contributed by atoms with van der Waals surface area (Å²) in [6.07, 6.45) is 6.55. The zero-order chi connectivity index (χ0) is 11.4. The number of aryl methyl sites for hydroxylation is 1. The van der Waals surface area contributed by atoms with Crippen LogP contribution in [0.15, 0.2) is 24.3 Å². The standard InChI is InChI=1S/C14H20O2/c15-13-9-6-11(7-10-13)5-8-12-3-1-2-4-14(12)16/h6-7,9-10,12,14-16H,1-5,8H2. The number of hydrogen-bond donors (Lipinski definition) is 2. The SMILES string of the molecule is Oc1ccc(CCC2CCCCC2O)cc1. The van der Waals surface area contributed by atoms with Crippen LogP contribution in [0.2, 0.25) is 0 Å². The van der Waals surface area contributed by atoms with E-state index in [9.17, 15) is 10.2 Å². The molecule has 0 aromatic heterocycles. The summed E-state index contributed by atoms with van der Waals surface area (Å²) in [5.41, 5.74) is 1.25. The Morgan fingerprint density at radius 1 is 1.06 bits per heavy atom. The fourth-order valence-corrected chi connectivity index (χ4v) is 2.54. The average molecular weight is 220 g/mol. The monoisotopic (exact) mass is 220 g/mol. The minimum Gasteiger partial charge on any atom is -0.508 e. The summed E-state index contributed by atoms with van der Waals surface area (Å²) in [6.45, 7) is 0. The van der Waals surface area contributed by atoms with Crippen LogP contribution in [0.5, 0.6) is 5.75 Å². The van der Waals surface area contributed by atoms with Gasteiger partial charge in [-0.2, -0.15) is 0 Å². The van der Waals surface area contributed by atoms with E-state index in [0.29, 0.717) is 11.7 Å². The molecule has 2 rings (SSSR count). The lowest BCUT2D eigenvalue weighted by Crippen LogP contribution is -2.24. The fraction of sp³-hybridized carbons (Fsp3) is 0.571. The van der Waals surface area contributed by atoms with E-state index in [1.54, 1.807) is 12.1 Å². The van der Waals surface area contributed by atoms with Gasteiger partial charge >= 0.3 is 0 Å². The first kappa shape index (κ1) is 11.5. The number of aliphatic hydroxyl groups excluding tert-OH is 1. The molecular formula is C14H20O2. The summed E-state index contributed by atoms with van der Waals surface area (Å²) < 4.78 is 0. The van der Waals surface area contributed by atoms with Crippen molar-refractivity contribution in [2.24, 2.45) is 5.92 Å². The van der Waals surface area contributed by atoms with Crippen LogP contribution in [0, 0.1) is 5.92 Å². The van der Waals surface area contributed by atoms with Crippen LogP contribution in [0.25, 0.3) is 0 Å². The quantitative estimate of drug-likeness (QED) is 0.822. The summed E-state index contributed by atoms with van der Waals surface area (Å²) in [4.78, 5) is 0. The smallest absolute Gasteiger partial charge is 0.115 e. The summed E-state index contributed by atoms with van der Waals surface area (Å²) >= 11 is 0. The molecule has 2 nitrogen and oxygen atoms in total. The second-order valence-corrected chi connectivity index (χ2v) is 4.82. The van der Waals surface area contributed by atoms with Gasteiger partial charge in [0.15, 0.2) is 0 Å². The van der Waals surface area contributed by atoms with E-state index >= 15 is 0 Å². The minimum absolute atomic E-state index is 0.0918. The lowest BCUT2D eigenvalue weighted by Gasteiger charge is -2.27. The van der Waals surface area contributed by atoms with Crippen LogP contribution < -0.4 is 0 Å². The van der Waals surface area contributed by atoms with Gasteiger partial charge in [0.2, 0.25) is 0 Å². The molecule has 1 aliphatic carbocycles. The van der Waals surface area contributed by atoms with Crippen LogP contribution >= 0.6 is 0 Å². The Labute approximate surface area is 96.9 Å². The zero-order valence-electron chi connectivity index (χ0n) is 9.60. The van der Waals surface area contributed by atoms with Gasteiger partial charge in [-0.3, -0.25) is 0 Å². The molecule has 0 heterocycles. The molecule has 1 saturated carbocycles. The van der Waals surface area contributed by atoms with Crippen molar-refractivity contribution in [3.8, 4) is 5.75 Å². The van der Waals surface area contributed by atoms with Crippen molar-refractivity contribution in [2.75, 3.05) is 0 Å². The molecule has 1 aromatic rings. The Morgan fingerprint density at radius 2 is 1.75 bits per heavy atom. The molecule has 0 aliphatic heterocycles. The van der Waals surface area contributed by atoms with Crippen LogP contribution in [0.4, 0.5) is 0 Å². The lowest BCUT2D eigenvalue weighted by atomic mass is 9.83. The first-order chi connectivity index (χ1) is 7.75. The third kappa shape index (κ3) is 2.99. The number of hydrogen-bond acceptors (Lipinski definition) is 2. The van der Waals surface area contributed by atoms with Crippen molar-refractivity contribution >= 4 is 0 Å². The molecular weight excluding hydrogens is 200 g/mol. The molecule has 0 amide bonds. The van der Waals surface area contributed by atoms with Gasteiger partial charge in [0.05, 0.1) is 6.10 Å². The summed E-state index contributed by atoms with van der Waals surface area (Å²) in [5.74, 6) is 0.795. The molecule has 1 aliphatic rings. The number of aliphatic hydroxyl groups is 1. The van der Waals surface area contributed by atoms with Crippen molar-refractivity contribution in [1.29, 1.82) is 0 Å². The van der Waals surface area contributed by atoms with Crippen LogP contribution in [-0.2, 0) is 6.42 Å². The van der Waals surface area contributed by atoms with Gasteiger partial charge in [0.1, 0.15) is 5.75 Å². The maximum Gasteiger partial charge on any atom is 0.115 e. The van der Waals surface area contributed by atoms with E-state index in [1.807, 2.05) is 12.1 Å². The van der Waals surface area contributed by atoms with Crippen LogP contribution in [-0.4, -0.2) is 16.3 Å². The van der Waals surface area contributed by atoms with Crippen molar-refractivity contribution < 1.29 is 10.2 Å². The second kappa shape index (κ2) is 5.35. The summed E-state index contributed by atoms with van der Waals surface area (Å²) in [6, 6.07) is 7.38. The maximum atomic E-state index is 9.85. The van der Waals surface area contributed by atoms with Gasteiger partial charge in [0, 0.05) is 0 Å². The highest BCUT2D eigenvalue weighted by Crippen LogP contribution is 2.28. The zero-order valence-corrected chi connectivity index (χ0v) is 9.60. The van der Waals surface area contributed by atoms with Gasteiger partial charge in [0.25, 0.3) is 0 Å². The Morgan fingerprint density at radius 3 is 2.44 bits per heavy atom. The van der Waals surface area contributed by atoms with E-state index in [-0.39, 0.29) is 6.10 Å². The molecule has 1 fully saturated rings. The van der Waals surface area contributed by atoms with E-state index in [4.69, 9.17) is 0 Å². The molecule has 0 bridgehead atoms.